The lowest BCUT2D eigenvalue weighted by atomic mass is 10.2. The van der Waals surface area contributed by atoms with E-state index in [-0.39, 0.29) is 16.3 Å². The molecule has 0 bridgehead atoms. The molecule has 0 atom stereocenters. The lowest BCUT2D eigenvalue weighted by Gasteiger charge is -2.07. The van der Waals surface area contributed by atoms with Crippen molar-refractivity contribution in [3.63, 3.8) is 0 Å². The Labute approximate surface area is 116 Å². The molecule has 6 nitrogen and oxygen atoms in total. The number of nitrogens with one attached hydrogen (secondary N) is 2. The van der Waals surface area contributed by atoms with Gasteiger partial charge in [-0.25, -0.2) is 13.2 Å². The summed E-state index contributed by atoms with van der Waals surface area (Å²) < 4.78 is 26.6. The molecular formula is C13H14N2O4S. The van der Waals surface area contributed by atoms with Crippen LogP contribution in [0, 0.1) is 13.8 Å². The number of sulfonamides is 1. The van der Waals surface area contributed by atoms with Crippen LogP contribution in [0.25, 0.3) is 0 Å². The fourth-order valence-electron chi connectivity index (χ4n) is 1.76. The second-order valence-corrected chi connectivity index (χ2v) is 6.15. The molecule has 0 saturated heterocycles. The van der Waals surface area contributed by atoms with Gasteiger partial charge in [-0.15, -0.1) is 0 Å². The summed E-state index contributed by atoms with van der Waals surface area (Å²) >= 11 is 0. The van der Waals surface area contributed by atoms with Gasteiger partial charge in [-0.1, -0.05) is 17.7 Å². The highest BCUT2D eigenvalue weighted by molar-refractivity contribution is 7.92. The van der Waals surface area contributed by atoms with Crippen LogP contribution in [-0.4, -0.2) is 24.5 Å². The van der Waals surface area contributed by atoms with E-state index in [4.69, 9.17) is 5.11 Å². The maximum Gasteiger partial charge on any atom is 0.354 e. The van der Waals surface area contributed by atoms with E-state index in [0.717, 1.165) is 5.56 Å². The van der Waals surface area contributed by atoms with Gasteiger partial charge in [-0.05, 0) is 32.0 Å². The fourth-order valence-corrected chi connectivity index (χ4v) is 2.82. The van der Waals surface area contributed by atoms with Gasteiger partial charge in [0, 0.05) is 5.69 Å². The van der Waals surface area contributed by atoms with Crippen LogP contribution in [0.4, 0.5) is 5.69 Å². The fraction of sp³-hybridized carbons (Fsp3) is 0.154. The van der Waals surface area contributed by atoms with Crippen molar-refractivity contribution in [1.82, 2.24) is 4.98 Å². The number of hydrogen-bond donors (Lipinski definition) is 3. The van der Waals surface area contributed by atoms with Gasteiger partial charge >= 0.3 is 5.97 Å². The number of aromatic nitrogens is 1. The van der Waals surface area contributed by atoms with E-state index in [9.17, 15) is 13.2 Å². The zero-order valence-corrected chi connectivity index (χ0v) is 11.8. The van der Waals surface area contributed by atoms with Crippen molar-refractivity contribution < 1.29 is 18.3 Å². The van der Waals surface area contributed by atoms with Crippen LogP contribution in [0.15, 0.2) is 35.2 Å². The number of aromatic carboxylic acids is 1. The van der Waals surface area contributed by atoms with Crippen LogP contribution in [0.2, 0.25) is 0 Å². The average Bonchev–Trinajstić information content (AvgIpc) is 2.70. The highest BCUT2D eigenvalue weighted by atomic mass is 32.2. The molecule has 1 aromatic heterocycles. The number of carbonyl (C=O) groups is 1. The number of benzene rings is 1. The van der Waals surface area contributed by atoms with E-state index >= 15 is 0 Å². The van der Waals surface area contributed by atoms with Gasteiger partial charge in [0.05, 0.1) is 10.6 Å². The molecule has 3 N–H and O–H groups in total. The van der Waals surface area contributed by atoms with Crippen molar-refractivity contribution in [3.8, 4) is 0 Å². The maximum atomic E-state index is 12.2. The van der Waals surface area contributed by atoms with Gasteiger partial charge in [-0.2, -0.15) is 0 Å². The van der Waals surface area contributed by atoms with Crippen molar-refractivity contribution in [3.05, 3.63) is 47.3 Å². The summed E-state index contributed by atoms with van der Waals surface area (Å²) in [4.78, 5) is 13.7. The molecule has 0 fully saturated rings. The van der Waals surface area contributed by atoms with Crippen LogP contribution >= 0.6 is 0 Å². The third kappa shape index (κ3) is 2.83. The highest BCUT2D eigenvalue weighted by Crippen LogP contribution is 2.21. The predicted molar refractivity (Wildman–Crippen MR) is 74.5 cm³/mol. The zero-order valence-electron chi connectivity index (χ0n) is 11.0. The molecule has 0 amide bonds. The summed E-state index contributed by atoms with van der Waals surface area (Å²) in [7, 11) is -3.81. The van der Waals surface area contributed by atoms with Crippen LogP contribution in [0.5, 0.6) is 0 Å². The van der Waals surface area contributed by atoms with E-state index in [2.05, 4.69) is 9.71 Å². The Kier molecular flexibility index (Phi) is 3.54. The van der Waals surface area contributed by atoms with Gasteiger partial charge in [0.1, 0.15) is 5.69 Å². The topological polar surface area (TPSA) is 99.3 Å². The minimum absolute atomic E-state index is 0.0237. The van der Waals surface area contributed by atoms with E-state index in [1.807, 2.05) is 6.92 Å². The summed E-state index contributed by atoms with van der Waals surface area (Å²) in [5.74, 6) is -1.22. The molecule has 7 heteroatoms. The molecular weight excluding hydrogens is 280 g/mol. The minimum atomic E-state index is -3.81. The first-order valence-corrected chi connectivity index (χ1v) is 7.30. The lowest BCUT2D eigenvalue weighted by molar-refractivity contribution is 0.0692. The Morgan fingerprint density at radius 3 is 2.35 bits per heavy atom. The highest BCUT2D eigenvalue weighted by Gasteiger charge is 2.20. The number of rotatable bonds is 4. The first-order chi connectivity index (χ1) is 9.29. The molecule has 1 aromatic carbocycles. The third-order valence-electron chi connectivity index (χ3n) is 2.74. The van der Waals surface area contributed by atoms with Gasteiger partial charge in [0.2, 0.25) is 0 Å². The van der Waals surface area contributed by atoms with Crippen molar-refractivity contribution >= 4 is 21.7 Å². The molecule has 20 heavy (non-hydrogen) atoms. The molecule has 106 valence electrons. The molecule has 0 aliphatic heterocycles. The van der Waals surface area contributed by atoms with Crippen LogP contribution < -0.4 is 4.72 Å². The number of carboxylic acid groups (broad SMARTS) is 1. The van der Waals surface area contributed by atoms with Gasteiger partial charge in [-0.3, -0.25) is 4.72 Å². The largest absolute Gasteiger partial charge is 0.477 e. The molecule has 0 saturated carbocycles. The number of aryl methyl sites for hydroxylation is 2. The molecule has 0 spiro atoms. The normalized spacial score (nSPS) is 11.3. The molecule has 2 rings (SSSR count). The minimum Gasteiger partial charge on any atom is -0.477 e. The van der Waals surface area contributed by atoms with E-state index in [1.54, 1.807) is 19.1 Å². The summed E-state index contributed by atoms with van der Waals surface area (Å²) in [5, 5.41) is 9.02. The van der Waals surface area contributed by atoms with Gasteiger partial charge in [0.15, 0.2) is 0 Å². The zero-order chi connectivity index (χ0) is 14.9. The molecule has 1 heterocycles. The molecule has 0 aliphatic carbocycles. The van der Waals surface area contributed by atoms with Crippen molar-refractivity contribution in [1.29, 1.82) is 0 Å². The second-order valence-electron chi connectivity index (χ2n) is 4.46. The summed E-state index contributed by atoms with van der Waals surface area (Å²) in [5.41, 5.74) is 1.34. The first kappa shape index (κ1) is 14.1. The molecule has 0 aliphatic rings. The van der Waals surface area contributed by atoms with E-state index in [1.165, 1.54) is 18.2 Å². The average molecular weight is 294 g/mol. The van der Waals surface area contributed by atoms with Crippen molar-refractivity contribution in [2.24, 2.45) is 0 Å². The standard InChI is InChI=1S/C13H14N2O4S/c1-8-3-5-10(6-4-8)20(18,19)15-11-7-9(2)14-12(11)13(16)17/h3-7,14-15H,1-2H3,(H,16,17). The van der Waals surface area contributed by atoms with Crippen molar-refractivity contribution in [2.45, 2.75) is 18.7 Å². The van der Waals surface area contributed by atoms with Gasteiger partial charge < -0.3 is 10.1 Å². The monoisotopic (exact) mass is 294 g/mol. The Morgan fingerprint density at radius 2 is 1.80 bits per heavy atom. The van der Waals surface area contributed by atoms with Crippen LogP contribution in [0.3, 0.4) is 0 Å². The SMILES string of the molecule is Cc1ccc(S(=O)(=O)Nc2cc(C)[nH]c2C(=O)O)cc1. The lowest BCUT2D eigenvalue weighted by Crippen LogP contribution is -2.14. The third-order valence-corrected chi connectivity index (χ3v) is 4.12. The van der Waals surface area contributed by atoms with Crippen LogP contribution in [0.1, 0.15) is 21.7 Å². The summed E-state index contributed by atoms with van der Waals surface area (Å²) in [6.45, 7) is 3.50. The molecule has 0 unspecified atom stereocenters. The number of anilines is 1. The Morgan fingerprint density at radius 1 is 1.20 bits per heavy atom. The number of hydrogen-bond acceptors (Lipinski definition) is 3. The number of carboxylic acids is 1. The summed E-state index contributed by atoms with van der Waals surface area (Å²) in [6.07, 6.45) is 0. The maximum absolute atomic E-state index is 12.2. The smallest absolute Gasteiger partial charge is 0.354 e. The molecule has 2 aromatic rings. The second kappa shape index (κ2) is 5.01. The predicted octanol–water partition coefficient (Wildman–Crippen LogP) is 2.13. The van der Waals surface area contributed by atoms with Crippen LogP contribution in [-0.2, 0) is 10.0 Å². The van der Waals surface area contributed by atoms with E-state index < -0.39 is 16.0 Å². The Balaban J connectivity index is 2.38. The number of H-pyrrole nitrogens is 1. The Bertz CT molecular complexity index is 745. The van der Waals surface area contributed by atoms with Gasteiger partial charge in [0.25, 0.3) is 10.0 Å². The quantitative estimate of drug-likeness (QED) is 0.804. The first-order valence-electron chi connectivity index (χ1n) is 5.82. The Hall–Kier alpha value is -2.28. The molecule has 0 radical (unpaired) electrons. The summed E-state index contributed by atoms with van der Waals surface area (Å²) in [6, 6.07) is 7.73. The van der Waals surface area contributed by atoms with E-state index in [0.29, 0.717) is 5.69 Å². The number of aromatic amines is 1. The van der Waals surface area contributed by atoms with Crippen molar-refractivity contribution in [2.75, 3.05) is 4.72 Å².